The van der Waals surface area contributed by atoms with Gasteiger partial charge >= 0.3 is 0 Å². The van der Waals surface area contributed by atoms with E-state index in [9.17, 15) is 4.79 Å². The smallest absolute Gasteiger partial charge is 0.246 e. The van der Waals surface area contributed by atoms with Gasteiger partial charge < -0.3 is 15.2 Å². The highest BCUT2D eigenvalue weighted by atomic mass is 16.2. The fourth-order valence-corrected chi connectivity index (χ4v) is 4.75. The average Bonchev–Trinajstić information content (AvgIpc) is 3.16. The maximum atomic E-state index is 12.9. The molecule has 7 heteroatoms. The molecule has 1 aliphatic heterocycles. The van der Waals surface area contributed by atoms with Gasteiger partial charge in [0.25, 0.3) is 0 Å². The third-order valence-corrected chi connectivity index (χ3v) is 6.62. The van der Waals surface area contributed by atoms with E-state index in [-0.39, 0.29) is 5.91 Å². The van der Waals surface area contributed by atoms with Gasteiger partial charge in [-0.15, -0.1) is 0 Å². The standard InChI is InChI=1S/C28H30N6O/c1-20-18-22(21(2)34(20)23-8-4-3-5-9-23)12-13-27(35)33-16-14-32(15-17-33)19-26-30-25-11-7-6-10-24(25)28(29)31-26/h3-13,18H,14-17,19H2,1-2H3,(H2,29,30,31)/b13-12+. The molecule has 0 spiro atoms. The van der Waals surface area contributed by atoms with Crippen LogP contribution in [0.15, 0.2) is 66.7 Å². The number of aryl methyl sites for hydroxylation is 1. The van der Waals surface area contributed by atoms with E-state index in [4.69, 9.17) is 5.73 Å². The molecule has 0 saturated carbocycles. The summed E-state index contributed by atoms with van der Waals surface area (Å²) in [6.45, 7) is 7.70. The molecular formula is C28H30N6O. The molecule has 0 aliphatic carbocycles. The van der Waals surface area contributed by atoms with Crippen LogP contribution in [0.5, 0.6) is 0 Å². The molecule has 1 aliphatic rings. The van der Waals surface area contributed by atoms with Crippen molar-refractivity contribution in [3.63, 3.8) is 0 Å². The molecule has 2 aromatic carbocycles. The Labute approximate surface area is 205 Å². The number of rotatable bonds is 5. The van der Waals surface area contributed by atoms with Crippen LogP contribution in [0.25, 0.3) is 22.7 Å². The number of para-hydroxylation sites is 2. The molecule has 3 heterocycles. The van der Waals surface area contributed by atoms with Crippen LogP contribution in [0.1, 0.15) is 22.8 Å². The topological polar surface area (TPSA) is 80.3 Å². The van der Waals surface area contributed by atoms with Crippen LogP contribution in [-0.2, 0) is 11.3 Å². The summed E-state index contributed by atoms with van der Waals surface area (Å²) in [6.07, 6.45) is 3.63. The van der Waals surface area contributed by atoms with E-state index >= 15 is 0 Å². The lowest BCUT2D eigenvalue weighted by Crippen LogP contribution is -2.48. The van der Waals surface area contributed by atoms with Crippen molar-refractivity contribution in [2.24, 2.45) is 0 Å². The van der Waals surface area contributed by atoms with Crippen molar-refractivity contribution in [3.8, 4) is 5.69 Å². The summed E-state index contributed by atoms with van der Waals surface area (Å²) >= 11 is 0. The molecule has 0 radical (unpaired) electrons. The van der Waals surface area contributed by atoms with E-state index in [1.165, 1.54) is 0 Å². The van der Waals surface area contributed by atoms with Crippen LogP contribution in [0.4, 0.5) is 5.82 Å². The fraction of sp³-hybridized carbons (Fsp3) is 0.250. The number of hydrogen-bond donors (Lipinski definition) is 1. The van der Waals surface area contributed by atoms with Gasteiger partial charge in [0.15, 0.2) is 0 Å². The van der Waals surface area contributed by atoms with E-state index in [1.807, 2.05) is 53.4 Å². The minimum absolute atomic E-state index is 0.0420. The Morgan fingerprint density at radius 3 is 2.46 bits per heavy atom. The minimum Gasteiger partial charge on any atom is -0.383 e. The molecule has 178 valence electrons. The number of benzene rings is 2. The maximum absolute atomic E-state index is 12.9. The van der Waals surface area contributed by atoms with Gasteiger partial charge in [-0.25, -0.2) is 9.97 Å². The number of hydrogen-bond acceptors (Lipinski definition) is 5. The number of anilines is 1. The highest BCUT2D eigenvalue weighted by molar-refractivity contribution is 5.92. The van der Waals surface area contributed by atoms with Crippen LogP contribution in [0.3, 0.4) is 0 Å². The highest BCUT2D eigenvalue weighted by Gasteiger charge is 2.21. The lowest BCUT2D eigenvalue weighted by molar-refractivity contribution is -0.127. The van der Waals surface area contributed by atoms with E-state index in [1.54, 1.807) is 6.08 Å². The van der Waals surface area contributed by atoms with Gasteiger partial charge in [-0.3, -0.25) is 9.69 Å². The number of nitrogens with zero attached hydrogens (tertiary/aromatic N) is 5. The van der Waals surface area contributed by atoms with Crippen LogP contribution in [0.2, 0.25) is 0 Å². The average molecular weight is 467 g/mol. The molecule has 0 bridgehead atoms. The maximum Gasteiger partial charge on any atom is 0.246 e. The predicted molar refractivity (Wildman–Crippen MR) is 140 cm³/mol. The lowest BCUT2D eigenvalue weighted by atomic mass is 10.2. The number of aromatic nitrogens is 3. The second-order valence-corrected chi connectivity index (χ2v) is 8.97. The van der Waals surface area contributed by atoms with Crippen LogP contribution in [-0.4, -0.2) is 56.4 Å². The second kappa shape index (κ2) is 9.72. The van der Waals surface area contributed by atoms with Gasteiger partial charge in [0.2, 0.25) is 5.91 Å². The summed E-state index contributed by atoms with van der Waals surface area (Å²) in [5.74, 6) is 1.27. The summed E-state index contributed by atoms with van der Waals surface area (Å²) in [5, 5.41) is 0.878. The van der Waals surface area contributed by atoms with Gasteiger partial charge in [-0.1, -0.05) is 30.3 Å². The first kappa shape index (κ1) is 22.8. The van der Waals surface area contributed by atoms with Gasteiger partial charge in [0, 0.05) is 54.7 Å². The van der Waals surface area contributed by atoms with Crippen molar-refractivity contribution < 1.29 is 4.79 Å². The van der Waals surface area contributed by atoms with Gasteiger partial charge in [-0.05, 0) is 55.8 Å². The predicted octanol–water partition coefficient (Wildman–Crippen LogP) is 3.98. The van der Waals surface area contributed by atoms with E-state index < -0.39 is 0 Å². The van der Waals surface area contributed by atoms with Crippen molar-refractivity contribution in [2.45, 2.75) is 20.4 Å². The highest BCUT2D eigenvalue weighted by Crippen LogP contribution is 2.22. The van der Waals surface area contributed by atoms with E-state index in [0.29, 0.717) is 25.5 Å². The normalized spacial score (nSPS) is 14.7. The Morgan fingerprint density at radius 1 is 0.971 bits per heavy atom. The van der Waals surface area contributed by atoms with Crippen molar-refractivity contribution in [1.29, 1.82) is 0 Å². The Balaban J connectivity index is 1.20. The summed E-state index contributed by atoms with van der Waals surface area (Å²) in [7, 11) is 0. The number of carbonyl (C=O) groups excluding carboxylic acids is 1. The molecule has 7 nitrogen and oxygen atoms in total. The third kappa shape index (κ3) is 4.81. The van der Waals surface area contributed by atoms with Gasteiger partial charge in [0.05, 0.1) is 12.1 Å². The molecule has 1 amide bonds. The molecule has 35 heavy (non-hydrogen) atoms. The van der Waals surface area contributed by atoms with Crippen LogP contribution < -0.4 is 5.73 Å². The quantitative estimate of drug-likeness (QED) is 0.450. The largest absolute Gasteiger partial charge is 0.383 e. The molecule has 1 fully saturated rings. The first-order chi connectivity index (χ1) is 17.0. The molecule has 2 N–H and O–H groups in total. The minimum atomic E-state index is 0.0420. The second-order valence-electron chi connectivity index (χ2n) is 8.97. The first-order valence-corrected chi connectivity index (χ1v) is 11.9. The molecule has 1 saturated heterocycles. The molecule has 5 rings (SSSR count). The van der Waals surface area contributed by atoms with Crippen molar-refractivity contribution in [3.05, 3.63) is 89.5 Å². The van der Waals surface area contributed by atoms with Gasteiger partial charge in [0.1, 0.15) is 11.6 Å². The summed E-state index contributed by atoms with van der Waals surface area (Å²) in [6, 6.07) is 20.2. The summed E-state index contributed by atoms with van der Waals surface area (Å²) in [4.78, 5) is 26.2. The number of piperazine rings is 1. The van der Waals surface area contributed by atoms with Crippen LogP contribution >= 0.6 is 0 Å². The summed E-state index contributed by atoms with van der Waals surface area (Å²) in [5.41, 5.74) is 11.4. The van der Waals surface area contributed by atoms with E-state index in [2.05, 4.69) is 51.5 Å². The summed E-state index contributed by atoms with van der Waals surface area (Å²) < 4.78 is 2.21. The number of fused-ring (bicyclic) bond motifs is 1. The Bertz CT molecular complexity index is 1380. The SMILES string of the molecule is Cc1cc(/C=C/C(=O)N2CCN(Cc3nc(N)c4ccccc4n3)CC2)c(C)n1-c1ccccc1. The molecule has 4 aromatic rings. The number of nitrogen functional groups attached to an aromatic ring is 1. The molecule has 0 unspecified atom stereocenters. The molecule has 0 atom stereocenters. The monoisotopic (exact) mass is 466 g/mol. The molecular weight excluding hydrogens is 436 g/mol. The zero-order valence-corrected chi connectivity index (χ0v) is 20.2. The Morgan fingerprint density at radius 2 is 1.69 bits per heavy atom. The van der Waals surface area contributed by atoms with Crippen LogP contribution in [0, 0.1) is 13.8 Å². The van der Waals surface area contributed by atoms with E-state index in [0.717, 1.165) is 52.5 Å². The van der Waals surface area contributed by atoms with Gasteiger partial charge in [-0.2, -0.15) is 0 Å². The fourth-order valence-electron chi connectivity index (χ4n) is 4.75. The lowest BCUT2D eigenvalue weighted by Gasteiger charge is -2.33. The molecule has 2 aromatic heterocycles. The number of nitrogens with two attached hydrogens (primary N) is 1. The third-order valence-electron chi connectivity index (χ3n) is 6.62. The zero-order chi connectivity index (χ0) is 24.4. The zero-order valence-electron chi connectivity index (χ0n) is 20.2. The first-order valence-electron chi connectivity index (χ1n) is 11.9. The number of amides is 1. The van der Waals surface area contributed by atoms with Crippen molar-refractivity contribution >= 4 is 28.7 Å². The Hall–Kier alpha value is -3.97. The van der Waals surface area contributed by atoms with Crippen molar-refractivity contribution in [2.75, 3.05) is 31.9 Å². The Kier molecular flexibility index (Phi) is 6.33. The van der Waals surface area contributed by atoms with Crippen molar-refractivity contribution in [1.82, 2.24) is 24.3 Å². The number of carbonyl (C=O) groups is 1.